The molecular weight excluding hydrogens is 194 g/mol. The van der Waals surface area contributed by atoms with Crippen LogP contribution in [-0.4, -0.2) is 23.7 Å². The quantitative estimate of drug-likeness (QED) is 0.790. The molecule has 0 saturated heterocycles. The van der Waals surface area contributed by atoms with Gasteiger partial charge in [0.1, 0.15) is 6.33 Å². The molecule has 1 aromatic heterocycles. The first kappa shape index (κ1) is 10.0. The van der Waals surface area contributed by atoms with Crippen LogP contribution in [0.1, 0.15) is 19.3 Å². The van der Waals surface area contributed by atoms with E-state index < -0.39 is 0 Å². The zero-order valence-electron chi connectivity index (χ0n) is 8.77. The van der Waals surface area contributed by atoms with Crippen LogP contribution >= 0.6 is 0 Å². The number of methoxy groups -OCH3 is 1. The average molecular weight is 209 g/mol. The maximum atomic E-state index is 5.75. The molecule has 1 fully saturated rings. The van der Waals surface area contributed by atoms with Gasteiger partial charge in [0.05, 0.1) is 13.7 Å². The zero-order chi connectivity index (χ0) is 10.7. The predicted molar refractivity (Wildman–Crippen MR) is 55.8 cm³/mol. The van der Waals surface area contributed by atoms with Crippen LogP contribution in [0.5, 0.6) is 11.8 Å². The number of nitrogens with two attached hydrogens (primary N) is 1. The minimum atomic E-state index is 0.367. The SMILES string of the molecule is COc1ncnc(OCCC2CC2)c1N. The van der Waals surface area contributed by atoms with Crippen molar-refractivity contribution < 1.29 is 9.47 Å². The highest BCUT2D eigenvalue weighted by Crippen LogP contribution is 2.33. The third-order valence-electron chi connectivity index (χ3n) is 2.47. The lowest BCUT2D eigenvalue weighted by Crippen LogP contribution is -2.05. The smallest absolute Gasteiger partial charge is 0.244 e. The second-order valence-electron chi connectivity index (χ2n) is 3.68. The lowest BCUT2D eigenvalue weighted by Gasteiger charge is -2.08. The van der Waals surface area contributed by atoms with Crippen molar-refractivity contribution in [2.24, 2.45) is 5.92 Å². The van der Waals surface area contributed by atoms with E-state index >= 15 is 0 Å². The molecule has 0 bridgehead atoms. The van der Waals surface area contributed by atoms with Crippen molar-refractivity contribution >= 4 is 5.69 Å². The minimum Gasteiger partial charge on any atom is -0.479 e. The van der Waals surface area contributed by atoms with E-state index in [4.69, 9.17) is 15.2 Å². The Labute approximate surface area is 88.6 Å². The Balaban J connectivity index is 1.93. The first-order chi connectivity index (χ1) is 7.31. The normalized spacial score (nSPS) is 15.0. The van der Waals surface area contributed by atoms with Crippen LogP contribution in [0.15, 0.2) is 6.33 Å². The van der Waals surface area contributed by atoms with Gasteiger partial charge in [0.2, 0.25) is 11.8 Å². The van der Waals surface area contributed by atoms with E-state index in [1.165, 1.54) is 26.3 Å². The number of anilines is 1. The maximum Gasteiger partial charge on any atom is 0.244 e. The average Bonchev–Trinajstić information content (AvgIpc) is 3.04. The summed E-state index contributed by atoms with van der Waals surface area (Å²) >= 11 is 0. The molecule has 0 radical (unpaired) electrons. The first-order valence-corrected chi connectivity index (χ1v) is 5.08. The molecule has 1 aliphatic carbocycles. The molecule has 5 nitrogen and oxygen atoms in total. The summed E-state index contributed by atoms with van der Waals surface area (Å²) in [5.41, 5.74) is 6.12. The van der Waals surface area contributed by atoms with Crippen molar-refractivity contribution in [2.75, 3.05) is 19.5 Å². The summed E-state index contributed by atoms with van der Waals surface area (Å²) in [5.74, 6) is 1.63. The second kappa shape index (κ2) is 4.33. The number of rotatable bonds is 5. The van der Waals surface area contributed by atoms with Crippen molar-refractivity contribution in [3.8, 4) is 11.8 Å². The molecule has 82 valence electrons. The Kier molecular flexibility index (Phi) is 2.89. The molecule has 0 aliphatic heterocycles. The molecule has 15 heavy (non-hydrogen) atoms. The van der Waals surface area contributed by atoms with Crippen LogP contribution in [0.3, 0.4) is 0 Å². The summed E-state index contributed by atoms with van der Waals surface area (Å²) in [7, 11) is 1.52. The molecule has 1 aromatic rings. The third-order valence-corrected chi connectivity index (χ3v) is 2.47. The Morgan fingerprint density at radius 2 is 2.13 bits per heavy atom. The van der Waals surface area contributed by atoms with Gasteiger partial charge >= 0.3 is 0 Å². The number of hydrogen-bond acceptors (Lipinski definition) is 5. The molecule has 0 amide bonds. The summed E-state index contributed by atoms with van der Waals surface area (Å²) in [6.45, 7) is 0.662. The second-order valence-corrected chi connectivity index (χ2v) is 3.68. The van der Waals surface area contributed by atoms with Crippen molar-refractivity contribution in [3.05, 3.63) is 6.33 Å². The van der Waals surface area contributed by atoms with Gasteiger partial charge in [-0.1, -0.05) is 12.8 Å². The van der Waals surface area contributed by atoms with Crippen LogP contribution < -0.4 is 15.2 Å². The van der Waals surface area contributed by atoms with Crippen molar-refractivity contribution in [1.29, 1.82) is 0 Å². The summed E-state index contributed by atoms with van der Waals surface area (Å²) in [5, 5.41) is 0. The number of hydrogen-bond donors (Lipinski definition) is 1. The van der Waals surface area contributed by atoms with Gasteiger partial charge in [-0.25, -0.2) is 0 Å². The number of aromatic nitrogens is 2. The van der Waals surface area contributed by atoms with Gasteiger partial charge in [-0.15, -0.1) is 0 Å². The zero-order valence-corrected chi connectivity index (χ0v) is 8.77. The summed E-state index contributed by atoms with van der Waals surface area (Å²) < 4.78 is 10.4. The highest BCUT2D eigenvalue weighted by molar-refractivity contribution is 5.55. The van der Waals surface area contributed by atoms with Crippen LogP contribution in [0.2, 0.25) is 0 Å². The molecule has 1 saturated carbocycles. The van der Waals surface area contributed by atoms with Gasteiger partial charge < -0.3 is 15.2 Å². The molecule has 0 unspecified atom stereocenters. The largest absolute Gasteiger partial charge is 0.479 e. The lowest BCUT2D eigenvalue weighted by molar-refractivity contribution is 0.289. The van der Waals surface area contributed by atoms with E-state index in [0.717, 1.165) is 12.3 Å². The fourth-order valence-corrected chi connectivity index (χ4v) is 1.37. The van der Waals surface area contributed by atoms with E-state index in [0.29, 0.717) is 24.1 Å². The molecular formula is C10H15N3O2. The van der Waals surface area contributed by atoms with Gasteiger partial charge in [-0.2, -0.15) is 9.97 Å². The van der Waals surface area contributed by atoms with Crippen LogP contribution in [0, 0.1) is 5.92 Å². The predicted octanol–water partition coefficient (Wildman–Crippen LogP) is 1.25. The molecule has 2 rings (SSSR count). The summed E-state index contributed by atoms with van der Waals surface area (Å²) in [6.07, 6.45) is 5.12. The third kappa shape index (κ3) is 2.49. The highest BCUT2D eigenvalue weighted by Gasteiger charge is 2.21. The van der Waals surface area contributed by atoms with E-state index in [1.54, 1.807) is 0 Å². The monoisotopic (exact) mass is 209 g/mol. The van der Waals surface area contributed by atoms with Crippen molar-refractivity contribution in [3.63, 3.8) is 0 Å². The first-order valence-electron chi connectivity index (χ1n) is 5.08. The Morgan fingerprint density at radius 1 is 1.40 bits per heavy atom. The summed E-state index contributed by atoms with van der Waals surface area (Å²) in [6, 6.07) is 0. The number of nitrogens with zero attached hydrogens (tertiary/aromatic N) is 2. The maximum absolute atomic E-state index is 5.75. The highest BCUT2D eigenvalue weighted by atomic mass is 16.5. The molecule has 0 atom stereocenters. The van der Waals surface area contributed by atoms with Gasteiger partial charge in [0.25, 0.3) is 0 Å². The summed E-state index contributed by atoms with van der Waals surface area (Å²) in [4.78, 5) is 7.84. The van der Waals surface area contributed by atoms with Gasteiger partial charge in [-0.3, -0.25) is 0 Å². The van der Waals surface area contributed by atoms with Crippen LogP contribution in [0.25, 0.3) is 0 Å². The topological polar surface area (TPSA) is 70.3 Å². The lowest BCUT2D eigenvalue weighted by atomic mass is 10.3. The minimum absolute atomic E-state index is 0.367. The molecule has 0 aromatic carbocycles. The Morgan fingerprint density at radius 3 is 2.80 bits per heavy atom. The molecule has 0 spiro atoms. The number of nitrogen functional groups attached to an aromatic ring is 1. The van der Waals surface area contributed by atoms with E-state index in [9.17, 15) is 0 Å². The van der Waals surface area contributed by atoms with Crippen LogP contribution in [0.4, 0.5) is 5.69 Å². The van der Waals surface area contributed by atoms with Crippen molar-refractivity contribution in [2.45, 2.75) is 19.3 Å². The van der Waals surface area contributed by atoms with Gasteiger partial charge in [0, 0.05) is 0 Å². The van der Waals surface area contributed by atoms with E-state index in [1.807, 2.05) is 0 Å². The fraction of sp³-hybridized carbons (Fsp3) is 0.600. The molecule has 1 aliphatic rings. The molecule has 1 heterocycles. The van der Waals surface area contributed by atoms with Crippen molar-refractivity contribution in [1.82, 2.24) is 9.97 Å². The van der Waals surface area contributed by atoms with E-state index in [2.05, 4.69) is 9.97 Å². The standard InChI is InChI=1S/C10H15N3O2/c1-14-9-8(11)10(13-6-12-9)15-5-4-7-2-3-7/h6-7H,2-5,11H2,1H3. The number of ether oxygens (including phenoxy) is 2. The molecule has 2 N–H and O–H groups in total. The fourth-order valence-electron chi connectivity index (χ4n) is 1.37. The van der Waals surface area contributed by atoms with Gasteiger partial charge in [0.15, 0.2) is 5.69 Å². The molecule has 5 heteroatoms. The Hall–Kier alpha value is -1.52. The van der Waals surface area contributed by atoms with Gasteiger partial charge in [-0.05, 0) is 12.3 Å². The van der Waals surface area contributed by atoms with E-state index in [-0.39, 0.29) is 0 Å². The Bertz CT molecular complexity index is 339. The van der Waals surface area contributed by atoms with Crippen LogP contribution in [-0.2, 0) is 0 Å².